The van der Waals surface area contributed by atoms with Crippen LogP contribution in [-0.4, -0.2) is 35.4 Å². The molecule has 0 bridgehead atoms. The molecule has 18 heavy (non-hydrogen) atoms. The summed E-state index contributed by atoms with van der Waals surface area (Å²) in [6, 6.07) is 1.55. The summed E-state index contributed by atoms with van der Waals surface area (Å²) in [5.41, 5.74) is -0.265. The molecule has 2 rings (SSSR count). The molecule has 0 saturated heterocycles. The third kappa shape index (κ3) is 2.70. The number of carbonyl (C=O) groups is 1. The molecule has 1 aromatic rings. The van der Waals surface area contributed by atoms with Gasteiger partial charge >= 0.3 is 0 Å². The molecule has 6 nitrogen and oxygen atoms in total. The second-order valence-corrected chi connectivity index (χ2v) is 4.71. The lowest BCUT2D eigenvalue weighted by molar-refractivity contribution is 0.0829. The van der Waals surface area contributed by atoms with Gasteiger partial charge in [-0.3, -0.25) is 4.79 Å². The van der Waals surface area contributed by atoms with E-state index in [2.05, 4.69) is 10.5 Å². The van der Waals surface area contributed by atoms with E-state index in [0.717, 1.165) is 25.7 Å². The van der Waals surface area contributed by atoms with Gasteiger partial charge in [0.1, 0.15) is 6.61 Å². The van der Waals surface area contributed by atoms with Crippen molar-refractivity contribution in [2.24, 2.45) is 0 Å². The second-order valence-electron chi connectivity index (χ2n) is 4.71. The molecule has 1 aliphatic carbocycles. The van der Waals surface area contributed by atoms with Crippen LogP contribution in [0.2, 0.25) is 0 Å². The lowest BCUT2D eigenvalue weighted by Gasteiger charge is -2.27. The summed E-state index contributed by atoms with van der Waals surface area (Å²) in [5.74, 6) is 0.198. The van der Waals surface area contributed by atoms with E-state index in [-0.39, 0.29) is 24.8 Å². The van der Waals surface area contributed by atoms with Gasteiger partial charge in [0.2, 0.25) is 0 Å². The van der Waals surface area contributed by atoms with Crippen LogP contribution in [0, 0.1) is 0 Å². The monoisotopic (exact) mass is 254 g/mol. The van der Waals surface area contributed by atoms with Gasteiger partial charge in [-0.25, -0.2) is 0 Å². The molecular weight excluding hydrogens is 236 g/mol. The Morgan fingerprint density at radius 3 is 2.94 bits per heavy atom. The summed E-state index contributed by atoms with van der Waals surface area (Å²) in [6.45, 7) is 0.243. The lowest BCUT2D eigenvalue weighted by Crippen LogP contribution is -2.49. The maximum atomic E-state index is 12.0. The zero-order valence-corrected chi connectivity index (χ0v) is 10.4. The van der Waals surface area contributed by atoms with Crippen LogP contribution in [0.3, 0.4) is 0 Å². The van der Waals surface area contributed by atoms with Gasteiger partial charge in [-0.2, -0.15) is 0 Å². The van der Waals surface area contributed by atoms with Crippen LogP contribution >= 0.6 is 0 Å². The Hall–Kier alpha value is -1.40. The van der Waals surface area contributed by atoms with Crippen molar-refractivity contribution in [2.75, 3.05) is 13.7 Å². The fourth-order valence-corrected chi connectivity index (χ4v) is 2.31. The van der Waals surface area contributed by atoms with Crippen LogP contribution in [0.4, 0.5) is 0 Å². The van der Waals surface area contributed by atoms with E-state index in [4.69, 9.17) is 9.26 Å². The Kier molecular flexibility index (Phi) is 3.98. The standard InChI is InChI=1S/C12H18N2O4/c1-17-7-9-6-10(14-18-9)11(16)13-12(8-15)4-2-3-5-12/h6,15H,2-5,7-8H2,1H3,(H,13,16). The topological polar surface area (TPSA) is 84.6 Å². The van der Waals surface area contributed by atoms with Crippen LogP contribution < -0.4 is 5.32 Å². The van der Waals surface area contributed by atoms with Gasteiger partial charge in [0.15, 0.2) is 11.5 Å². The molecule has 1 aliphatic rings. The molecule has 0 spiro atoms. The first-order valence-electron chi connectivity index (χ1n) is 6.07. The Bertz CT molecular complexity index is 410. The second kappa shape index (κ2) is 5.49. The number of aliphatic hydroxyl groups excluding tert-OH is 1. The summed E-state index contributed by atoms with van der Waals surface area (Å²) in [6.07, 6.45) is 3.65. The molecule has 1 aromatic heterocycles. The minimum Gasteiger partial charge on any atom is -0.394 e. The van der Waals surface area contributed by atoms with E-state index in [0.29, 0.717) is 5.76 Å². The fraction of sp³-hybridized carbons (Fsp3) is 0.667. The van der Waals surface area contributed by atoms with Crippen LogP contribution in [0.5, 0.6) is 0 Å². The first-order chi connectivity index (χ1) is 8.69. The summed E-state index contributed by atoms with van der Waals surface area (Å²) < 4.78 is 9.85. The molecule has 0 atom stereocenters. The highest BCUT2D eigenvalue weighted by Gasteiger charge is 2.35. The highest BCUT2D eigenvalue weighted by Crippen LogP contribution is 2.29. The quantitative estimate of drug-likeness (QED) is 0.814. The molecule has 1 heterocycles. The van der Waals surface area contributed by atoms with Crippen molar-refractivity contribution in [3.05, 3.63) is 17.5 Å². The number of rotatable bonds is 5. The largest absolute Gasteiger partial charge is 0.394 e. The zero-order chi connectivity index (χ0) is 13.0. The van der Waals surface area contributed by atoms with Crippen LogP contribution in [0.15, 0.2) is 10.6 Å². The Morgan fingerprint density at radius 1 is 1.61 bits per heavy atom. The Morgan fingerprint density at radius 2 is 2.33 bits per heavy atom. The van der Waals surface area contributed by atoms with E-state index in [1.54, 1.807) is 13.2 Å². The van der Waals surface area contributed by atoms with E-state index in [9.17, 15) is 9.90 Å². The van der Waals surface area contributed by atoms with Crippen molar-refractivity contribution in [3.63, 3.8) is 0 Å². The van der Waals surface area contributed by atoms with Gasteiger partial charge in [0.25, 0.3) is 5.91 Å². The number of hydrogen-bond acceptors (Lipinski definition) is 5. The summed E-state index contributed by atoms with van der Waals surface area (Å²) >= 11 is 0. The number of aliphatic hydroxyl groups is 1. The number of amides is 1. The molecular formula is C12H18N2O4. The van der Waals surface area contributed by atoms with Crippen LogP contribution in [0.1, 0.15) is 41.9 Å². The van der Waals surface area contributed by atoms with Gasteiger partial charge in [-0.1, -0.05) is 18.0 Å². The predicted molar refractivity (Wildman–Crippen MR) is 63.0 cm³/mol. The Labute approximate surface area is 105 Å². The average Bonchev–Trinajstić information content (AvgIpc) is 2.99. The van der Waals surface area contributed by atoms with E-state index >= 15 is 0 Å². The number of ether oxygens (including phenoxy) is 1. The SMILES string of the molecule is COCc1cc(C(=O)NC2(CO)CCCC2)no1. The van der Waals surface area contributed by atoms with Gasteiger partial charge in [-0.05, 0) is 12.8 Å². The third-order valence-corrected chi connectivity index (χ3v) is 3.32. The highest BCUT2D eigenvalue weighted by atomic mass is 16.5. The molecule has 1 fully saturated rings. The third-order valence-electron chi connectivity index (χ3n) is 3.32. The van der Waals surface area contributed by atoms with E-state index < -0.39 is 5.54 Å². The number of nitrogens with zero attached hydrogens (tertiary/aromatic N) is 1. The Balaban J connectivity index is 2.02. The van der Waals surface area contributed by atoms with Crippen molar-refractivity contribution in [1.29, 1.82) is 0 Å². The minimum atomic E-state index is -0.489. The van der Waals surface area contributed by atoms with Crippen molar-refractivity contribution >= 4 is 5.91 Å². The molecule has 2 N–H and O–H groups in total. The minimum absolute atomic E-state index is 0.0402. The molecule has 1 amide bonds. The van der Waals surface area contributed by atoms with Crippen LogP contribution in [-0.2, 0) is 11.3 Å². The van der Waals surface area contributed by atoms with Gasteiger partial charge < -0.3 is 19.7 Å². The van der Waals surface area contributed by atoms with E-state index in [1.165, 1.54) is 0 Å². The molecule has 100 valence electrons. The average molecular weight is 254 g/mol. The van der Waals surface area contributed by atoms with Crippen molar-refractivity contribution in [1.82, 2.24) is 10.5 Å². The fourth-order valence-electron chi connectivity index (χ4n) is 2.31. The number of carbonyl (C=O) groups excluding carboxylic acids is 1. The summed E-state index contributed by atoms with van der Waals surface area (Å²) in [4.78, 5) is 12.0. The summed E-state index contributed by atoms with van der Waals surface area (Å²) in [7, 11) is 1.54. The van der Waals surface area contributed by atoms with Crippen LogP contribution in [0.25, 0.3) is 0 Å². The van der Waals surface area contributed by atoms with Gasteiger partial charge in [-0.15, -0.1) is 0 Å². The predicted octanol–water partition coefficient (Wildman–Crippen LogP) is 0.856. The number of hydrogen-bond donors (Lipinski definition) is 2. The van der Waals surface area contributed by atoms with E-state index in [1.807, 2.05) is 0 Å². The van der Waals surface area contributed by atoms with Crippen molar-refractivity contribution < 1.29 is 19.2 Å². The molecule has 0 aromatic carbocycles. The number of aromatic nitrogens is 1. The maximum Gasteiger partial charge on any atom is 0.273 e. The smallest absolute Gasteiger partial charge is 0.273 e. The molecule has 0 radical (unpaired) electrons. The lowest BCUT2D eigenvalue weighted by atomic mass is 9.99. The molecule has 0 unspecified atom stereocenters. The summed E-state index contributed by atoms with van der Waals surface area (Å²) in [5, 5.41) is 16.0. The van der Waals surface area contributed by atoms with Gasteiger partial charge in [0.05, 0.1) is 12.1 Å². The molecule has 0 aliphatic heterocycles. The number of methoxy groups -OCH3 is 1. The first kappa shape index (κ1) is 13.0. The van der Waals surface area contributed by atoms with Crippen molar-refractivity contribution in [3.8, 4) is 0 Å². The highest BCUT2D eigenvalue weighted by molar-refractivity contribution is 5.92. The van der Waals surface area contributed by atoms with Crippen molar-refractivity contribution in [2.45, 2.75) is 37.8 Å². The first-order valence-corrected chi connectivity index (χ1v) is 6.07. The maximum absolute atomic E-state index is 12.0. The number of nitrogens with one attached hydrogen (secondary N) is 1. The molecule has 1 saturated carbocycles. The molecule has 6 heteroatoms. The zero-order valence-electron chi connectivity index (χ0n) is 10.4. The van der Waals surface area contributed by atoms with Gasteiger partial charge in [0, 0.05) is 13.2 Å². The normalized spacial score (nSPS) is 17.9.